The summed E-state index contributed by atoms with van der Waals surface area (Å²) in [6.07, 6.45) is 5.20. The number of anilines is 1. The number of hydrogen-bond acceptors (Lipinski definition) is 3. The minimum absolute atomic E-state index is 0.859. The number of fused-ring (bicyclic) bond motifs is 1. The highest BCUT2D eigenvalue weighted by Crippen LogP contribution is 2.28. The maximum absolute atomic E-state index is 4.67. The van der Waals surface area contributed by atoms with Crippen LogP contribution in [0, 0.1) is 0 Å². The van der Waals surface area contributed by atoms with Crippen molar-refractivity contribution in [3.8, 4) is 11.3 Å². The predicted molar refractivity (Wildman–Crippen MR) is 86.5 cm³/mol. The first-order valence-electron chi connectivity index (χ1n) is 6.16. The molecule has 0 amide bonds. The van der Waals surface area contributed by atoms with Gasteiger partial charge in [-0.15, -0.1) is 0 Å². The van der Waals surface area contributed by atoms with Crippen LogP contribution < -0.4 is 5.32 Å². The maximum Gasteiger partial charge on any atom is 0.0913 e. The molecule has 0 fully saturated rings. The van der Waals surface area contributed by atoms with Gasteiger partial charge in [0, 0.05) is 27.3 Å². The van der Waals surface area contributed by atoms with Crippen molar-refractivity contribution >= 4 is 32.5 Å². The standard InChI is InChI=1S/C16H12BrN3/c1-2-19-15-9-14(11-3-5-12(17)6-4-11)20-16-10-18-8-7-13(15)16/h2-10H,1H2,(H,19,20). The van der Waals surface area contributed by atoms with Crippen LogP contribution in [0.25, 0.3) is 22.2 Å². The van der Waals surface area contributed by atoms with Crippen molar-refractivity contribution in [2.75, 3.05) is 5.32 Å². The van der Waals surface area contributed by atoms with E-state index in [-0.39, 0.29) is 0 Å². The number of rotatable bonds is 3. The van der Waals surface area contributed by atoms with Crippen molar-refractivity contribution < 1.29 is 0 Å². The van der Waals surface area contributed by atoms with Gasteiger partial charge >= 0.3 is 0 Å². The predicted octanol–water partition coefficient (Wildman–Crippen LogP) is 4.61. The largest absolute Gasteiger partial charge is 0.362 e. The summed E-state index contributed by atoms with van der Waals surface area (Å²) in [7, 11) is 0. The van der Waals surface area contributed by atoms with Gasteiger partial charge in [-0.25, -0.2) is 4.98 Å². The molecule has 0 radical (unpaired) electrons. The molecule has 1 N–H and O–H groups in total. The zero-order valence-electron chi connectivity index (χ0n) is 10.7. The number of nitrogens with zero attached hydrogens (tertiary/aromatic N) is 2. The fraction of sp³-hybridized carbons (Fsp3) is 0. The third-order valence-corrected chi connectivity index (χ3v) is 3.54. The van der Waals surface area contributed by atoms with Crippen LogP contribution in [0.3, 0.4) is 0 Å². The van der Waals surface area contributed by atoms with E-state index >= 15 is 0 Å². The molecule has 4 heteroatoms. The second-order valence-electron chi connectivity index (χ2n) is 4.30. The van der Waals surface area contributed by atoms with Gasteiger partial charge in [-0.1, -0.05) is 34.6 Å². The van der Waals surface area contributed by atoms with Crippen molar-refractivity contribution in [2.45, 2.75) is 0 Å². The molecule has 3 nitrogen and oxygen atoms in total. The van der Waals surface area contributed by atoms with Crippen LogP contribution in [-0.4, -0.2) is 9.97 Å². The molecule has 0 bridgehead atoms. The Bertz CT molecular complexity index is 766. The van der Waals surface area contributed by atoms with Gasteiger partial charge in [0.2, 0.25) is 0 Å². The Morgan fingerprint density at radius 2 is 1.95 bits per heavy atom. The van der Waals surface area contributed by atoms with Crippen LogP contribution in [0.5, 0.6) is 0 Å². The van der Waals surface area contributed by atoms with Crippen LogP contribution in [0.2, 0.25) is 0 Å². The highest BCUT2D eigenvalue weighted by atomic mass is 79.9. The van der Waals surface area contributed by atoms with E-state index in [4.69, 9.17) is 0 Å². The summed E-state index contributed by atoms with van der Waals surface area (Å²) in [6, 6.07) is 12.0. The molecule has 0 saturated heterocycles. The lowest BCUT2D eigenvalue weighted by molar-refractivity contribution is 1.31. The van der Waals surface area contributed by atoms with E-state index in [2.05, 4.69) is 37.8 Å². The number of halogens is 1. The first kappa shape index (κ1) is 12.8. The topological polar surface area (TPSA) is 37.8 Å². The molecule has 0 aliphatic heterocycles. The Labute approximate surface area is 125 Å². The van der Waals surface area contributed by atoms with Gasteiger partial charge in [-0.05, 0) is 30.5 Å². The number of pyridine rings is 2. The minimum atomic E-state index is 0.859. The zero-order chi connectivity index (χ0) is 13.9. The number of benzene rings is 1. The van der Waals surface area contributed by atoms with Gasteiger partial charge in [0.05, 0.1) is 17.4 Å². The Morgan fingerprint density at radius 3 is 2.70 bits per heavy atom. The van der Waals surface area contributed by atoms with Crippen molar-refractivity contribution in [3.63, 3.8) is 0 Å². The quantitative estimate of drug-likeness (QED) is 0.763. The van der Waals surface area contributed by atoms with Crippen LogP contribution >= 0.6 is 15.9 Å². The lowest BCUT2D eigenvalue weighted by Gasteiger charge is -2.09. The molecule has 2 aromatic heterocycles. The van der Waals surface area contributed by atoms with Gasteiger partial charge < -0.3 is 5.32 Å². The first-order chi connectivity index (χ1) is 9.78. The summed E-state index contributed by atoms with van der Waals surface area (Å²) < 4.78 is 1.05. The minimum Gasteiger partial charge on any atom is -0.362 e. The molecular weight excluding hydrogens is 314 g/mol. The van der Waals surface area contributed by atoms with Gasteiger partial charge in [-0.2, -0.15) is 0 Å². The van der Waals surface area contributed by atoms with E-state index in [0.717, 1.165) is 32.3 Å². The van der Waals surface area contributed by atoms with Gasteiger partial charge in [0.15, 0.2) is 0 Å². The zero-order valence-corrected chi connectivity index (χ0v) is 12.3. The van der Waals surface area contributed by atoms with E-state index < -0.39 is 0 Å². The second-order valence-corrected chi connectivity index (χ2v) is 5.22. The van der Waals surface area contributed by atoms with Gasteiger partial charge in [-0.3, -0.25) is 4.98 Å². The normalized spacial score (nSPS) is 10.4. The summed E-state index contributed by atoms with van der Waals surface area (Å²) in [5.74, 6) is 0. The lowest BCUT2D eigenvalue weighted by Crippen LogP contribution is -1.93. The highest BCUT2D eigenvalue weighted by molar-refractivity contribution is 9.10. The Balaban J connectivity index is 2.21. The fourth-order valence-electron chi connectivity index (χ4n) is 2.08. The lowest BCUT2D eigenvalue weighted by atomic mass is 10.1. The van der Waals surface area contributed by atoms with Crippen LogP contribution in [-0.2, 0) is 0 Å². The monoisotopic (exact) mass is 325 g/mol. The summed E-state index contributed by atoms with van der Waals surface area (Å²) in [5.41, 5.74) is 3.80. The summed E-state index contributed by atoms with van der Waals surface area (Å²) in [4.78, 5) is 8.81. The smallest absolute Gasteiger partial charge is 0.0913 e. The summed E-state index contributed by atoms with van der Waals surface area (Å²) in [5, 5.41) is 4.19. The fourth-order valence-corrected chi connectivity index (χ4v) is 2.34. The van der Waals surface area contributed by atoms with Crippen LogP contribution in [0.1, 0.15) is 0 Å². The number of nitrogens with one attached hydrogen (secondary N) is 1. The summed E-state index contributed by atoms with van der Waals surface area (Å²) >= 11 is 3.44. The molecule has 0 atom stereocenters. The molecule has 3 aromatic rings. The van der Waals surface area contributed by atoms with Crippen LogP contribution in [0.15, 0.2) is 66.0 Å². The second kappa shape index (κ2) is 5.43. The Morgan fingerprint density at radius 1 is 1.15 bits per heavy atom. The molecule has 0 aliphatic rings. The average Bonchev–Trinajstić information content (AvgIpc) is 2.48. The highest BCUT2D eigenvalue weighted by Gasteiger charge is 2.06. The third kappa shape index (κ3) is 2.42. The summed E-state index contributed by atoms with van der Waals surface area (Å²) in [6.45, 7) is 3.72. The van der Waals surface area contributed by atoms with Crippen molar-refractivity contribution in [1.82, 2.24) is 9.97 Å². The van der Waals surface area contributed by atoms with E-state index in [0.29, 0.717) is 0 Å². The van der Waals surface area contributed by atoms with Crippen molar-refractivity contribution in [1.29, 1.82) is 0 Å². The first-order valence-corrected chi connectivity index (χ1v) is 6.95. The molecule has 3 rings (SSSR count). The molecule has 0 unspecified atom stereocenters. The van der Waals surface area contributed by atoms with Gasteiger partial charge in [0.1, 0.15) is 0 Å². The van der Waals surface area contributed by atoms with Crippen molar-refractivity contribution in [2.24, 2.45) is 0 Å². The van der Waals surface area contributed by atoms with Gasteiger partial charge in [0.25, 0.3) is 0 Å². The maximum atomic E-state index is 4.67. The molecule has 1 aromatic carbocycles. The van der Waals surface area contributed by atoms with E-state index in [9.17, 15) is 0 Å². The Kier molecular flexibility index (Phi) is 3.48. The van der Waals surface area contributed by atoms with E-state index in [1.807, 2.05) is 36.4 Å². The molecule has 20 heavy (non-hydrogen) atoms. The number of hydrogen-bond donors (Lipinski definition) is 1. The number of aromatic nitrogens is 2. The molecule has 0 aliphatic carbocycles. The van der Waals surface area contributed by atoms with E-state index in [1.165, 1.54) is 0 Å². The Hall–Kier alpha value is -2.20. The van der Waals surface area contributed by atoms with Crippen molar-refractivity contribution in [3.05, 3.63) is 66.0 Å². The molecular formula is C16H12BrN3. The molecule has 2 heterocycles. The average molecular weight is 326 g/mol. The van der Waals surface area contributed by atoms with E-state index in [1.54, 1.807) is 18.6 Å². The SMILES string of the molecule is C=CNc1cc(-c2ccc(Br)cc2)nc2cnccc12. The third-order valence-electron chi connectivity index (χ3n) is 3.01. The molecule has 0 spiro atoms. The molecule has 98 valence electrons. The van der Waals surface area contributed by atoms with Crippen LogP contribution in [0.4, 0.5) is 5.69 Å². The molecule has 0 saturated carbocycles.